The first kappa shape index (κ1) is 28.1. The normalized spacial score (nSPS) is 15.8. The first-order chi connectivity index (χ1) is 15.5. The minimum absolute atomic E-state index is 0.143. The summed E-state index contributed by atoms with van der Waals surface area (Å²) < 4.78 is 20.3. The van der Waals surface area contributed by atoms with Gasteiger partial charge in [0.2, 0.25) is 17.7 Å². The van der Waals surface area contributed by atoms with Crippen LogP contribution in [0, 0.1) is 0 Å². The van der Waals surface area contributed by atoms with Gasteiger partial charge in [0.15, 0.2) is 0 Å². The molecule has 12 heteroatoms. The molecule has 1 atom stereocenters. The van der Waals surface area contributed by atoms with Crippen LogP contribution in [0.3, 0.4) is 0 Å². The van der Waals surface area contributed by atoms with Gasteiger partial charge >= 0.3 is 6.09 Å². The first-order valence-electron chi connectivity index (χ1n) is 10.8. The van der Waals surface area contributed by atoms with Crippen LogP contribution in [0.4, 0.5) is 4.79 Å². The van der Waals surface area contributed by atoms with E-state index in [1.54, 1.807) is 0 Å². The monoisotopic (exact) mass is 477 g/mol. The highest BCUT2D eigenvalue weighted by Crippen LogP contribution is 2.25. The third kappa shape index (κ3) is 12.2. The van der Waals surface area contributed by atoms with Gasteiger partial charge in [0.25, 0.3) is 0 Å². The van der Waals surface area contributed by atoms with Crippen LogP contribution < -0.4 is 10.6 Å². The molecule has 0 aromatic rings. The second-order valence-electron chi connectivity index (χ2n) is 6.77. The van der Waals surface area contributed by atoms with Gasteiger partial charge in [-0.25, -0.2) is 4.79 Å². The topological polar surface area (TPSA) is 132 Å². The van der Waals surface area contributed by atoms with Crippen molar-refractivity contribution in [1.82, 2.24) is 15.5 Å². The number of thioether (sulfide) groups is 1. The summed E-state index contributed by atoms with van der Waals surface area (Å²) in [6.07, 6.45) is 0.418. The van der Waals surface area contributed by atoms with Crippen molar-refractivity contribution in [3.63, 3.8) is 0 Å². The number of carbonyl (C=O) groups excluding carboxylic acids is 4. The second-order valence-corrected chi connectivity index (χ2v) is 8.25. The van der Waals surface area contributed by atoms with E-state index in [1.807, 2.05) is 6.92 Å². The number of alkyl carbamates (subject to hydrolysis) is 1. The Kier molecular flexibility index (Phi) is 15.5. The lowest BCUT2D eigenvalue weighted by atomic mass is 10.3. The maximum atomic E-state index is 12.1. The number of imide groups is 1. The van der Waals surface area contributed by atoms with Crippen LogP contribution in [-0.4, -0.2) is 106 Å². The maximum Gasteiger partial charge on any atom is 0.407 e. The van der Waals surface area contributed by atoms with Gasteiger partial charge in [-0.2, -0.15) is 0 Å². The Labute approximate surface area is 193 Å². The van der Waals surface area contributed by atoms with Crippen molar-refractivity contribution in [2.75, 3.05) is 72.1 Å². The highest BCUT2D eigenvalue weighted by Gasteiger charge is 2.37. The van der Waals surface area contributed by atoms with E-state index in [0.29, 0.717) is 52.5 Å². The molecule has 4 amide bonds. The SMILES string of the molecule is CCSC1CC(=O)N(CCCC(=O)NCCOCCOCCNC(=O)OCCOC)C1=O. The predicted molar refractivity (Wildman–Crippen MR) is 118 cm³/mol. The Hall–Kier alpha value is -1.89. The van der Waals surface area contributed by atoms with E-state index >= 15 is 0 Å². The summed E-state index contributed by atoms with van der Waals surface area (Å²) in [5, 5.41) is 5.00. The van der Waals surface area contributed by atoms with Crippen LogP contribution in [0.15, 0.2) is 0 Å². The standard InChI is InChI=1S/C20H35N3O8S/c1-3-32-16-15-18(25)23(19(16)26)8-4-5-17(24)21-6-9-29-12-13-30-10-7-22-20(27)31-14-11-28-2/h16H,3-15H2,1-2H3,(H,21,24)(H,22,27). The van der Waals surface area contributed by atoms with Gasteiger partial charge in [0, 0.05) is 39.6 Å². The summed E-state index contributed by atoms with van der Waals surface area (Å²) in [5.74, 6) is 0.342. The lowest BCUT2D eigenvalue weighted by molar-refractivity contribution is -0.138. The van der Waals surface area contributed by atoms with Crippen molar-refractivity contribution in [2.45, 2.75) is 31.4 Å². The van der Waals surface area contributed by atoms with Crippen molar-refractivity contribution >= 4 is 35.6 Å². The maximum absolute atomic E-state index is 12.1. The molecule has 0 aromatic carbocycles. The van der Waals surface area contributed by atoms with Crippen LogP contribution >= 0.6 is 11.8 Å². The van der Waals surface area contributed by atoms with E-state index in [4.69, 9.17) is 18.9 Å². The van der Waals surface area contributed by atoms with E-state index in [0.717, 1.165) is 5.75 Å². The number of amides is 4. The quantitative estimate of drug-likeness (QED) is 0.209. The van der Waals surface area contributed by atoms with E-state index in [9.17, 15) is 19.2 Å². The molecular formula is C20H35N3O8S. The highest BCUT2D eigenvalue weighted by atomic mass is 32.2. The van der Waals surface area contributed by atoms with Crippen molar-refractivity contribution in [3.8, 4) is 0 Å². The van der Waals surface area contributed by atoms with Crippen LogP contribution in [0.5, 0.6) is 0 Å². The lowest BCUT2D eigenvalue weighted by Crippen LogP contribution is -2.33. The number of carbonyl (C=O) groups is 4. The molecule has 1 fully saturated rings. The average molecular weight is 478 g/mol. The smallest absolute Gasteiger partial charge is 0.407 e. The molecule has 11 nitrogen and oxygen atoms in total. The summed E-state index contributed by atoms with van der Waals surface area (Å²) in [6.45, 7) is 4.88. The molecule has 1 saturated heterocycles. The Morgan fingerprint density at radius 1 is 1.03 bits per heavy atom. The first-order valence-corrected chi connectivity index (χ1v) is 11.8. The third-order valence-electron chi connectivity index (χ3n) is 4.33. The summed E-state index contributed by atoms with van der Waals surface area (Å²) >= 11 is 1.48. The number of hydrogen-bond donors (Lipinski definition) is 2. The summed E-state index contributed by atoms with van der Waals surface area (Å²) in [6, 6.07) is 0. The Balaban J connectivity index is 1.92. The molecule has 184 valence electrons. The minimum atomic E-state index is -0.518. The van der Waals surface area contributed by atoms with Gasteiger partial charge < -0.3 is 29.6 Å². The Bertz CT molecular complexity index is 593. The lowest BCUT2D eigenvalue weighted by Gasteiger charge is -2.14. The van der Waals surface area contributed by atoms with E-state index < -0.39 is 6.09 Å². The summed E-state index contributed by atoms with van der Waals surface area (Å²) in [4.78, 5) is 48.4. The zero-order chi connectivity index (χ0) is 23.6. The Morgan fingerprint density at radius 2 is 1.72 bits per heavy atom. The van der Waals surface area contributed by atoms with Gasteiger partial charge in [-0.05, 0) is 12.2 Å². The van der Waals surface area contributed by atoms with Gasteiger partial charge in [0.05, 0.1) is 38.3 Å². The summed E-state index contributed by atoms with van der Waals surface area (Å²) in [7, 11) is 1.53. The molecule has 0 aliphatic carbocycles. The molecule has 1 heterocycles. The molecule has 1 aliphatic heterocycles. The number of methoxy groups -OCH3 is 1. The van der Waals surface area contributed by atoms with Gasteiger partial charge in [-0.1, -0.05) is 6.92 Å². The molecule has 0 aromatic heterocycles. The van der Waals surface area contributed by atoms with Gasteiger partial charge in [-0.3, -0.25) is 19.3 Å². The van der Waals surface area contributed by atoms with E-state index in [2.05, 4.69) is 10.6 Å². The highest BCUT2D eigenvalue weighted by molar-refractivity contribution is 8.00. The van der Waals surface area contributed by atoms with Crippen LogP contribution in [0.2, 0.25) is 0 Å². The minimum Gasteiger partial charge on any atom is -0.447 e. The molecule has 1 unspecified atom stereocenters. The van der Waals surface area contributed by atoms with Gasteiger partial charge in [0.1, 0.15) is 6.61 Å². The molecule has 2 N–H and O–H groups in total. The largest absolute Gasteiger partial charge is 0.447 e. The van der Waals surface area contributed by atoms with Crippen molar-refractivity contribution in [3.05, 3.63) is 0 Å². The van der Waals surface area contributed by atoms with Crippen LogP contribution in [-0.2, 0) is 33.3 Å². The molecule has 0 radical (unpaired) electrons. The molecule has 1 aliphatic rings. The molecule has 0 saturated carbocycles. The van der Waals surface area contributed by atoms with Crippen molar-refractivity contribution in [1.29, 1.82) is 0 Å². The van der Waals surface area contributed by atoms with Crippen molar-refractivity contribution in [2.24, 2.45) is 0 Å². The van der Waals surface area contributed by atoms with Crippen molar-refractivity contribution < 1.29 is 38.1 Å². The average Bonchev–Trinajstić information content (AvgIpc) is 3.03. The summed E-state index contributed by atoms with van der Waals surface area (Å²) in [5.41, 5.74) is 0. The Morgan fingerprint density at radius 3 is 2.38 bits per heavy atom. The van der Waals surface area contributed by atoms with E-state index in [-0.39, 0.29) is 49.0 Å². The second kappa shape index (κ2) is 17.6. The number of likely N-dealkylation sites (tertiary alicyclic amines) is 1. The molecular weight excluding hydrogens is 442 g/mol. The molecule has 0 spiro atoms. The molecule has 32 heavy (non-hydrogen) atoms. The fourth-order valence-electron chi connectivity index (χ4n) is 2.78. The third-order valence-corrected chi connectivity index (χ3v) is 5.44. The molecule has 0 bridgehead atoms. The van der Waals surface area contributed by atoms with Crippen LogP contribution in [0.1, 0.15) is 26.2 Å². The fourth-order valence-corrected chi connectivity index (χ4v) is 3.72. The van der Waals surface area contributed by atoms with Gasteiger partial charge in [-0.15, -0.1) is 11.8 Å². The molecule has 1 rings (SSSR count). The van der Waals surface area contributed by atoms with Crippen LogP contribution in [0.25, 0.3) is 0 Å². The van der Waals surface area contributed by atoms with E-state index in [1.165, 1.54) is 23.8 Å². The zero-order valence-corrected chi connectivity index (χ0v) is 19.7. The zero-order valence-electron chi connectivity index (χ0n) is 18.9. The number of nitrogens with one attached hydrogen (secondary N) is 2. The number of nitrogens with zero attached hydrogens (tertiary/aromatic N) is 1. The predicted octanol–water partition coefficient (Wildman–Crippen LogP) is 0.169. The fraction of sp³-hybridized carbons (Fsp3) is 0.800. The number of ether oxygens (including phenoxy) is 4. The number of hydrogen-bond acceptors (Lipinski definition) is 9. The number of rotatable bonds is 18.